The lowest BCUT2D eigenvalue weighted by atomic mass is 10.6. The molecule has 0 aliphatic carbocycles. The first-order chi connectivity index (χ1) is 6.80. The van der Waals surface area contributed by atoms with Gasteiger partial charge in [0.05, 0.1) is 27.4 Å². The number of nitrogens with zero attached hydrogens (tertiary/aromatic N) is 2. The van der Waals surface area contributed by atoms with Crippen LogP contribution < -0.4 is 14.2 Å². The lowest BCUT2D eigenvalue weighted by molar-refractivity contribution is 0.329. The van der Waals surface area contributed by atoms with Gasteiger partial charge in [-0.25, -0.2) is 0 Å². The zero-order chi connectivity index (χ0) is 11.0. The molecule has 0 bridgehead atoms. The van der Waals surface area contributed by atoms with Crippen LogP contribution in [-0.2, 0) is 0 Å². The van der Waals surface area contributed by atoms with Gasteiger partial charge in [0.1, 0.15) is 0 Å². The molecule has 0 fully saturated rings. The van der Waals surface area contributed by atoms with Gasteiger partial charge >= 0.3 is 6.01 Å². The number of methoxy groups -OCH3 is 3. The SMILES string of the molecule is CC.COc1cc(OC)nc(OC)n1. The second-order valence-corrected chi connectivity index (χ2v) is 1.94. The average Bonchev–Trinajstić information content (AvgIpc) is 2.30. The molecule has 0 radical (unpaired) electrons. The fourth-order valence-corrected chi connectivity index (χ4v) is 0.684. The molecule has 1 aromatic rings. The standard InChI is InChI=1S/C7H10N2O3.C2H6/c1-10-5-4-6(11-2)9-7(8-5)12-3;1-2/h4H,1-3H3;1-2H3. The van der Waals surface area contributed by atoms with E-state index in [0.29, 0.717) is 11.8 Å². The molecule has 0 amide bonds. The van der Waals surface area contributed by atoms with Gasteiger partial charge in [0.15, 0.2) is 0 Å². The van der Waals surface area contributed by atoms with Crippen molar-refractivity contribution in [1.82, 2.24) is 9.97 Å². The van der Waals surface area contributed by atoms with Gasteiger partial charge in [0.25, 0.3) is 0 Å². The summed E-state index contributed by atoms with van der Waals surface area (Å²) >= 11 is 0. The van der Waals surface area contributed by atoms with Gasteiger partial charge in [-0.2, -0.15) is 9.97 Å². The Morgan fingerprint density at radius 3 is 1.57 bits per heavy atom. The number of ether oxygens (including phenoxy) is 3. The third-order valence-corrected chi connectivity index (χ3v) is 1.26. The molecular formula is C9H16N2O3. The minimum absolute atomic E-state index is 0.228. The molecule has 0 atom stereocenters. The van der Waals surface area contributed by atoms with Gasteiger partial charge in [-0.05, 0) is 0 Å². The van der Waals surface area contributed by atoms with Crippen molar-refractivity contribution in [2.75, 3.05) is 21.3 Å². The lowest BCUT2D eigenvalue weighted by Gasteiger charge is -2.03. The van der Waals surface area contributed by atoms with E-state index in [2.05, 4.69) is 9.97 Å². The third-order valence-electron chi connectivity index (χ3n) is 1.26. The van der Waals surface area contributed by atoms with E-state index in [1.54, 1.807) is 6.07 Å². The van der Waals surface area contributed by atoms with E-state index in [9.17, 15) is 0 Å². The quantitative estimate of drug-likeness (QED) is 0.740. The smallest absolute Gasteiger partial charge is 0.322 e. The largest absolute Gasteiger partial charge is 0.481 e. The Hall–Kier alpha value is -1.52. The summed E-state index contributed by atoms with van der Waals surface area (Å²) in [7, 11) is 4.51. The van der Waals surface area contributed by atoms with Gasteiger partial charge in [0.2, 0.25) is 11.8 Å². The maximum Gasteiger partial charge on any atom is 0.322 e. The van der Waals surface area contributed by atoms with E-state index in [0.717, 1.165) is 0 Å². The summed E-state index contributed by atoms with van der Waals surface area (Å²) in [6, 6.07) is 1.80. The van der Waals surface area contributed by atoms with Crippen LogP contribution in [0.4, 0.5) is 0 Å². The summed E-state index contributed by atoms with van der Waals surface area (Å²) in [6.45, 7) is 4.00. The fourth-order valence-electron chi connectivity index (χ4n) is 0.684. The molecule has 5 nitrogen and oxygen atoms in total. The van der Waals surface area contributed by atoms with Crippen molar-refractivity contribution in [3.05, 3.63) is 6.07 Å². The fraction of sp³-hybridized carbons (Fsp3) is 0.556. The minimum Gasteiger partial charge on any atom is -0.481 e. The van der Waals surface area contributed by atoms with Gasteiger partial charge in [-0.1, -0.05) is 13.8 Å². The summed E-state index contributed by atoms with van der Waals surface area (Å²) in [5, 5.41) is 0. The summed E-state index contributed by atoms with van der Waals surface area (Å²) in [5.74, 6) is 0.831. The van der Waals surface area contributed by atoms with Gasteiger partial charge in [-0.3, -0.25) is 0 Å². The Kier molecular flexibility index (Phi) is 6.19. The Morgan fingerprint density at radius 2 is 1.29 bits per heavy atom. The molecule has 0 saturated heterocycles. The van der Waals surface area contributed by atoms with Crippen LogP contribution >= 0.6 is 0 Å². The molecule has 14 heavy (non-hydrogen) atoms. The highest BCUT2D eigenvalue weighted by molar-refractivity contribution is 5.22. The predicted octanol–water partition coefficient (Wildman–Crippen LogP) is 1.53. The number of hydrogen-bond acceptors (Lipinski definition) is 5. The number of rotatable bonds is 3. The Bertz CT molecular complexity index is 211. The molecule has 1 rings (SSSR count). The van der Waals surface area contributed by atoms with Crippen molar-refractivity contribution in [3.8, 4) is 17.8 Å². The molecule has 0 aliphatic heterocycles. The summed E-state index contributed by atoms with van der Waals surface area (Å²) in [4.78, 5) is 7.77. The van der Waals surface area contributed by atoms with Crippen LogP contribution in [0.5, 0.6) is 17.8 Å². The highest BCUT2D eigenvalue weighted by Crippen LogP contribution is 2.17. The first-order valence-corrected chi connectivity index (χ1v) is 4.31. The van der Waals surface area contributed by atoms with Crippen LogP contribution in [0.2, 0.25) is 0 Å². The van der Waals surface area contributed by atoms with Gasteiger partial charge in [0, 0.05) is 0 Å². The predicted molar refractivity (Wildman–Crippen MR) is 53.0 cm³/mol. The average molecular weight is 200 g/mol. The number of hydrogen-bond donors (Lipinski definition) is 0. The van der Waals surface area contributed by atoms with Crippen molar-refractivity contribution in [3.63, 3.8) is 0 Å². The topological polar surface area (TPSA) is 53.5 Å². The third kappa shape index (κ3) is 3.47. The van der Waals surface area contributed by atoms with Crippen LogP contribution in [0, 0.1) is 0 Å². The molecule has 0 unspecified atom stereocenters. The van der Waals surface area contributed by atoms with E-state index >= 15 is 0 Å². The zero-order valence-corrected chi connectivity index (χ0v) is 9.20. The zero-order valence-electron chi connectivity index (χ0n) is 9.20. The van der Waals surface area contributed by atoms with Crippen LogP contribution in [0.25, 0.3) is 0 Å². The molecule has 80 valence electrons. The van der Waals surface area contributed by atoms with Gasteiger partial charge < -0.3 is 14.2 Å². The monoisotopic (exact) mass is 200 g/mol. The Morgan fingerprint density at radius 1 is 0.857 bits per heavy atom. The molecule has 0 spiro atoms. The maximum atomic E-state index is 4.89. The van der Waals surface area contributed by atoms with E-state index in [-0.39, 0.29) is 6.01 Å². The highest BCUT2D eigenvalue weighted by Gasteiger charge is 2.03. The van der Waals surface area contributed by atoms with Crippen LogP contribution in [0.1, 0.15) is 13.8 Å². The molecule has 0 N–H and O–H groups in total. The van der Waals surface area contributed by atoms with Crippen LogP contribution in [0.15, 0.2) is 6.07 Å². The van der Waals surface area contributed by atoms with E-state index in [1.165, 1.54) is 21.3 Å². The first-order valence-electron chi connectivity index (χ1n) is 4.31. The van der Waals surface area contributed by atoms with Crippen molar-refractivity contribution in [1.29, 1.82) is 0 Å². The van der Waals surface area contributed by atoms with Crippen molar-refractivity contribution >= 4 is 0 Å². The second-order valence-electron chi connectivity index (χ2n) is 1.94. The van der Waals surface area contributed by atoms with Crippen molar-refractivity contribution < 1.29 is 14.2 Å². The molecule has 1 aromatic heterocycles. The first kappa shape index (κ1) is 12.5. The second kappa shape index (κ2) is 6.94. The molecule has 1 heterocycles. The Labute approximate surface area is 84.0 Å². The number of aromatic nitrogens is 2. The van der Waals surface area contributed by atoms with E-state index in [4.69, 9.17) is 14.2 Å². The van der Waals surface area contributed by atoms with Crippen molar-refractivity contribution in [2.24, 2.45) is 0 Å². The molecular weight excluding hydrogens is 184 g/mol. The Balaban J connectivity index is 0.000000791. The molecule has 5 heteroatoms. The maximum absolute atomic E-state index is 4.89. The van der Waals surface area contributed by atoms with Crippen LogP contribution in [-0.4, -0.2) is 31.3 Å². The summed E-state index contributed by atoms with van der Waals surface area (Å²) in [5.41, 5.74) is 0. The highest BCUT2D eigenvalue weighted by atomic mass is 16.5. The summed E-state index contributed by atoms with van der Waals surface area (Å²) < 4.78 is 14.6. The molecule has 0 aromatic carbocycles. The summed E-state index contributed by atoms with van der Waals surface area (Å²) in [6.07, 6.45) is 0. The van der Waals surface area contributed by atoms with E-state index < -0.39 is 0 Å². The van der Waals surface area contributed by atoms with Gasteiger partial charge in [-0.15, -0.1) is 0 Å². The lowest BCUT2D eigenvalue weighted by Crippen LogP contribution is -1.97. The van der Waals surface area contributed by atoms with E-state index in [1.807, 2.05) is 13.8 Å². The minimum atomic E-state index is 0.228. The molecule has 0 saturated carbocycles. The van der Waals surface area contributed by atoms with Crippen LogP contribution in [0.3, 0.4) is 0 Å². The van der Waals surface area contributed by atoms with Crippen molar-refractivity contribution in [2.45, 2.75) is 13.8 Å². The normalized spacial score (nSPS) is 8.36. The molecule has 0 aliphatic rings.